The van der Waals surface area contributed by atoms with Gasteiger partial charge in [-0.15, -0.1) is 0 Å². The molecule has 3 aromatic carbocycles. The number of carbonyl (C=O) groups is 2. The minimum absolute atomic E-state index is 0.0130. The van der Waals surface area contributed by atoms with E-state index in [2.05, 4.69) is 29.2 Å². The molecule has 0 atom stereocenters. The summed E-state index contributed by atoms with van der Waals surface area (Å²) in [5, 5.41) is 9.08. The van der Waals surface area contributed by atoms with Crippen LogP contribution in [0.25, 0.3) is 11.1 Å². The van der Waals surface area contributed by atoms with Gasteiger partial charge in [-0.05, 0) is 73.7 Å². The number of oxazole rings is 1. The van der Waals surface area contributed by atoms with Gasteiger partial charge in [-0.1, -0.05) is 30.3 Å². The Hall–Kier alpha value is -3.93. The Bertz CT molecular complexity index is 1250. The van der Waals surface area contributed by atoms with Crippen LogP contribution in [-0.4, -0.2) is 28.4 Å². The zero-order valence-corrected chi connectivity index (χ0v) is 18.9. The number of aromatic nitrogens is 1. The first-order valence-corrected chi connectivity index (χ1v) is 11.5. The van der Waals surface area contributed by atoms with Crippen molar-refractivity contribution >= 4 is 22.9 Å². The van der Waals surface area contributed by atoms with Crippen LogP contribution in [0, 0.1) is 0 Å². The van der Waals surface area contributed by atoms with Crippen LogP contribution in [0.2, 0.25) is 0 Å². The van der Waals surface area contributed by atoms with Gasteiger partial charge >= 0.3 is 5.97 Å². The summed E-state index contributed by atoms with van der Waals surface area (Å²) in [7, 11) is 0. The number of fused-ring (bicyclic) bond motifs is 1. The first-order valence-electron chi connectivity index (χ1n) is 11.5. The number of Topliss-reactive ketones (excluding diaryl/α,β-unsaturated/α-hetero) is 1. The van der Waals surface area contributed by atoms with Gasteiger partial charge in [-0.3, -0.25) is 4.79 Å². The standard InChI is InChI=1S/C28H27NO5/c30-25(16-17-27-29-24-15-12-22(28(31)32)19-26(24)34-27)21-10-13-23(14-11-21)33-18-6-2-5-9-20-7-3-1-4-8-20/h1,3-4,7-8,10-15,19H,2,5-6,9,16-18H2,(H,31,32). The van der Waals surface area contributed by atoms with Gasteiger partial charge in [0.05, 0.1) is 12.2 Å². The third kappa shape index (κ3) is 6.32. The number of ketones is 1. The lowest BCUT2D eigenvalue weighted by atomic mass is 10.1. The fourth-order valence-electron chi connectivity index (χ4n) is 3.76. The maximum atomic E-state index is 12.5. The second-order valence-corrected chi connectivity index (χ2v) is 8.19. The average molecular weight is 458 g/mol. The first kappa shape index (κ1) is 23.2. The Labute approximate surface area is 198 Å². The molecule has 0 radical (unpaired) electrons. The van der Waals surface area contributed by atoms with Crippen LogP contribution < -0.4 is 4.74 Å². The molecule has 1 aromatic heterocycles. The maximum Gasteiger partial charge on any atom is 0.335 e. The van der Waals surface area contributed by atoms with E-state index in [1.807, 2.05) is 18.2 Å². The number of carbonyl (C=O) groups excluding carboxylic acids is 1. The molecule has 4 rings (SSSR count). The molecule has 0 aliphatic rings. The van der Waals surface area contributed by atoms with Gasteiger partial charge in [0.15, 0.2) is 17.3 Å². The van der Waals surface area contributed by atoms with Crippen molar-refractivity contribution in [1.29, 1.82) is 0 Å². The largest absolute Gasteiger partial charge is 0.494 e. The molecule has 0 amide bonds. The van der Waals surface area contributed by atoms with Crippen LogP contribution >= 0.6 is 0 Å². The predicted molar refractivity (Wildman–Crippen MR) is 130 cm³/mol. The Morgan fingerprint density at radius 2 is 1.62 bits per heavy atom. The van der Waals surface area contributed by atoms with Crippen LogP contribution in [0.5, 0.6) is 5.75 Å². The molecule has 0 saturated carbocycles. The van der Waals surface area contributed by atoms with Crippen molar-refractivity contribution in [1.82, 2.24) is 4.98 Å². The van der Waals surface area contributed by atoms with Crippen molar-refractivity contribution in [3.63, 3.8) is 0 Å². The summed E-state index contributed by atoms with van der Waals surface area (Å²) in [4.78, 5) is 28.0. The van der Waals surface area contributed by atoms with Crippen LogP contribution in [0.3, 0.4) is 0 Å². The molecule has 0 spiro atoms. The third-order valence-corrected chi connectivity index (χ3v) is 5.64. The minimum atomic E-state index is -1.02. The van der Waals surface area contributed by atoms with E-state index in [9.17, 15) is 9.59 Å². The molecule has 0 saturated heterocycles. The van der Waals surface area contributed by atoms with Crippen molar-refractivity contribution in [2.24, 2.45) is 0 Å². The van der Waals surface area contributed by atoms with E-state index in [-0.39, 0.29) is 17.8 Å². The molecule has 0 aliphatic carbocycles. The van der Waals surface area contributed by atoms with Crippen molar-refractivity contribution in [2.75, 3.05) is 6.61 Å². The Morgan fingerprint density at radius 3 is 2.38 bits per heavy atom. The maximum absolute atomic E-state index is 12.5. The summed E-state index contributed by atoms with van der Waals surface area (Å²) in [5.41, 5.74) is 3.10. The van der Waals surface area contributed by atoms with Gasteiger partial charge in [0, 0.05) is 18.4 Å². The SMILES string of the molecule is O=C(O)c1ccc2nc(CCC(=O)c3ccc(OCCCCCc4ccccc4)cc3)oc2c1. The Kier molecular flexibility index (Phi) is 7.71. The fourth-order valence-corrected chi connectivity index (χ4v) is 3.76. The highest BCUT2D eigenvalue weighted by Crippen LogP contribution is 2.20. The monoisotopic (exact) mass is 457 g/mol. The number of benzene rings is 3. The topological polar surface area (TPSA) is 89.6 Å². The molecule has 1 heterocycles. The normalized spacial score (nSPS) is 10.9. The molecule has 6 heteroatoms. The van der Waals surface area contributed by atoms with E-state index in [1.54, 1.807) is 18.2 Å². The number of aryl methyl sites for hydroxylation is 2. The van der Waals surface area contributed by atoms with Crippen LogP contribution in [0.1, 0.15) is 57.9 Å². The number of hydrogen-bond acceptors (Lipinski definition) is 5. The lowest BCUT2D eigenvalue weighted by Gasteiger charge is -2.07. The molecule has 0 aliphatic heterocycles. The molecule has 0 unspecified atom stereocenters. The zero-order valence-electron chi connectivity index (χ0n) is 18.9. The fraction of sp³-hybridized carbons (Fsp3) is 0.250. The summed E-state index contributed by atoms with van der Waals surface area (Å²) in [6.45, 7) is 0.656. The number of ether oxygens (including phenoxy) is 1. The zero-order chi connectivity index (χ0) is 23.8. The van der Waals surface area contributed by atoms with Gasteiger partial charge in [-0.25, -0.2) is 9.78 Å². The van der Waals surface area contributed by atoms with Gasteiger partial charge < -0.3 is 14.3 Å². The van der Waals surface area contributed by atoms with Crippen molar-refractivity contribution in [2.45, 2.75) is 38.5 Å². The van der Waals surface area contributed by atoms with E-state index in [1.165, 1.54) is 17.7 Å². The highest BCUT2D eigenvalue weighted by atomic mass is 16.5. The summed E-state index contributed by atoms with van der Waals surface area (Å²) >= 11 is 0. The van der Waals surface area contributed by atoms with Crippen molar-refractivity contribution < 1.29 is 23.8 Å². The van der Waals surface area contributed by atoms with E-state index >= 15 is 0 Å². The number of aromatic carboxylic acids is 1. The molecule has 4 aromatic rings. The second kappa shape index (κ2) is 11.3. The average Bonchev–Trinajstić information content (AvgIpc) is 3.28. The number of carboxylic acids is 1. The highest BCUT2D eigenvalue weighted by molar-refractivity contribution is 5.96. The minimum Gasteiger partial charge on any atom is -0.494 e. The quantitative estimate of drug-likeness (QED) is 0.203. The van der Waals surface area contributed by atoms with E-state index in [0.717, 1.165) is 31.4 Å². The van der Waals surface area contributed by atoms with E-state index in [0.29, 0.717) is 35.6 Å². The van der Waals surface area contributed by atoms with Crippen LogP contribution in [-0.2, 0) is 12.8 Å². The van der Waals surface area contributed by atoms with Crippen molar-refractivity contribution in [3.8, 4) is 5.75 Å². The van der Waals surface area contributed by atoms with Crippen LogP contribution in [0.15, 0.2) is 77.2 Å². The Balaban J connectivity index is 1.19. The Morgan fingerprint density at radius 1 is 0.853 bits per heavy atom. The number of rotatable bonds is 12. The molecular formula is C28H27NO5. The van der Waals surface area contributed by atoms with Crippen LogP contribution in [0.4, 0.5) is 0 Å². The molecule has 174 valence electrons. The smallest absolute Gasteiger partial charge is 0.335 e. The highest BCUT2D eigenvalue weighted by Gasteiger charge is 2.12. The number of unbranched alkanes of at least 4 members (excludes halogenated alkanes) is 2. The number of nitrogens with zero attached hydrogens (tertiary/aromatic N) is 1. The van der Waals surface area contributed by atoms with E-state index < -0.39 is 5.97 Å². The van der Waals surface area contributed by atoms with Crippen molar-refractivity contribution in [3.05, 3.63) is 95.4 Å². The molecular weight excluding hydrogens is 430 g/mol. The summed E-state index contributed by atoms with van der Waals surface area (Å²) in [6, 6.07) is 22.2. The van der Waals surface area contributed by atoms with Gasteiger partial charge in [0.2, 0.25) is 0 Å². The predicted octanol–water partition coefficient (Wildman–Crippen LogP) is 6.13. The second-order valence-electron chi connectivity index (χ2n) is 8.19. The van der Waals surface area contributed by atoms with E-state index in [4.69, 9.17) is 14.3 Å². The number of carboxylic acid groups (broad SMARTS) is 1. The summed E-state index contributed by atoms with van der Waals surface area (Å²) in [5.74, 6) is 0.136. The molecule has 6 nitrogen and oxygen atoms in total. The molecule has 1 N–H and O–H groups in total. The molecule has 34 heavy (non-hydrogen) atoms. The first-order chi connectivity index (χ1) is 16.6. The summed E-state index contributed by atoms with van der Waals surface area (Å²) < 4.78 is 11.4. The van der Waals surface area contributed by atoms with Gasteiger partial charge in [-0.2, -0.15) is 0 Å². The van der Waals surface area contributed by atoms with Gasteiger partial charge in [0.25, 0.3) is 0 Å². The molecule has 0 fully saturated rings. The lowest BCUT2D eigenvalue weighted by molar-refractivity contribution is 0.0696. The molecule has 0 bridgehead atoms. The lowest BCUT2D eigenvalue weighted by Crippen LogP contribution is -2.02. The third-order valence-electron chi connectivity index (χ3n) is 5.64. The number of hydrogen-bond donors (Lipinski definition) is 1. The van der Waals surface area contributed by atoms with Gasteiger partial charge in [0.1, 0.15) is 11.3 Å². The summed E-state index contributed by atoms with van der Waals surface area (Å²) in [6.07, 6.45) is 4.93.